The van der Waals surface area contributed by atoms with E-state index in [4.69, 9.17) is 0 Å². The maximum Gasteiger partial charge on any atom is 0.140 e. The Morgan fingerprint density at radius 2 is 1.63 bits per heavy atom. The Kier molecular flexibility index (Phi) is 9.36. The molecule has 2 aliphatic carbocycles. The van der Waals surface area contributed by atoms with E-state index in [1.165, 1.54) is 69.9 Å². The van der Waals surface area contributed by atoms with Gasteiger partial charge in [0.25, 0.3) is 0 Å². The zero-order valence-corrected chi connectivity index (χ0v) is 21.7. The molecule has 35 heavy (non-hydrogen) atoms. The van der Waals surface area contributed by atoms with Crippen LogP contribution in [0.15, 0.2) is 30.4 Å². The Hall–Kier alpha value is -1.77. The molecular weight excluding hydrogens is 441 g/mol. The Morgan fingerprint density at radius 1 is 0.857 bits per heavy atom. The van der Waals surface area contributed by atoms with Crippen LogP contribution in [0.4, 0.5) is 13.2 Å². The monoisotopic (exact) mass is 484 g/mol. The van der Waals surface area contributed by atoms with Crippen molar-refractivity contribution in [1.29, 1.82) is 0 Å². The number of hydrogen-bond acceptors (Lipinski definition) is 0. The van der Waals surface area contributed by atoms with Gasteiger partial charge >= 0.3 is 0 Å². The molecule has 0 heterocycles. The lowest BCUT2D eigenvalue weighted by Gasteiger charge is -2.42. The molecule has 0 nitrogen and oxygen atoms in total. The highest BCUT2D eigenvalue weighted by molar-refractivity contribution is 5.85. The van der Waals surface area contributed by atoms with Gasteiger partial charge in [-0.3, -0.25) is 0 Å². The van der Waals surface area contributed by atoms with Crippen molar-refractivity contribution >= 4 is 10.8 Å². The second kappa shape index (κ2) is 12.5. The lowest BCUT2D eigenvalue weighted by Crippen LogP contribution is -2.31. The number of aryl methyl sites for hydroxylation is 1. The van der Waals surface area contributed by atoms with Crippen LogP contribution in [0.1, 0.15) is 114 Å². The first-order valence-electron chi connectivity index (χ1n) is 14.2. The second-order valence-electron chi connectivity index (χ2n) is 11.3. The normalized spacial score (nSPS) is 24.8. The molecule has 2 aliphatic rings. The Bertz CT molecular complexity index is 1010. The summed E-state index contributed by atoms with van der Waals surface area (Å²) in [5.41, 5.74) is 0.914. The van der Waals surface area contributed by atoms with Gasteiger partial charge in [0.2, 0.25) is 0 Å². The van der Waals surface area contributed by atoms with Crippen LogP contribution in [0, 0.1) is 35.2 Å². The van der Waals surface area contributed by atoms with Gasteiger partial charge in [-0.25, -0.2) is 13.2 Å². The van der Waals surface area contributed by atoms with Crippen LogP contribution in [-0.2, 0) is 6.42 Å². The molecule has 0 saturated heterocycles. The van der Waals surface area contributed by atoms with E-state index in [1.807, 2.05) is 19.1 Å². The summed E-state index contributed by atoms with van der Waals surface area (Å²) in [5, 5.41) is 0.303. The molecule has 2 aromatic rings. The quantitative estimate of drug-likeness (QED) is 0.232. The van der Waals surface area contributed by atoms with Gasteiger partial charge in [-0.05, 0) is 98.6 Å². The molecule has 0 spiro atoms. The first-order chi connectivity index (χ1) is 17.0. The average molecular weight is 485 g/mol. The summed E-state index contributed by atoms with van der Waals surface area (Å²) >= 11 is 0. The highest BCUT2D eigenvalue weighted by Crippen LogP contribution is 2.49. The van der Waals surface area contributed by atoms with E-state index < -0.39 is 17.5 Å². The fraction of sp³-hybridized carbons (Fsp3) is 0.625. The third kappa shape index (κ3) is 6.33. The number of hydrogen-bond donors (Lipinski definition) is 0. The first-order valence-corrected chi connectivity index (χ1v) is 14.2. The molecule has 0 aliphatic heterocycles. The summed E-state index contributed by atoms with van der Waals surface area (Å²) in [6.45, 7) is 4.20. The van der Waals surface area contributed by atoms with E-state index in [1.54, 1.807) is 6.07 Å². The fourth-order valence-electron chi connectivity index (χ4n) is 6.97. The molecular formula is C32H43F3. The summed E-state index contributed by atoms with van der Waals surface area (Å²) in [5.74, 6) is 0.220. The predicted molar refractivity (Wildman–Crippen MR) is 141 cm³/mol. The second-order valence-corrected chi connectivity index (χ2v) is 11.3. The van der Waals surface area contributed by atoms with Crippen LogP contribution in [0.5, 0.6) is 0 Å². The third-order valence-electron chi connectivity index (χ3n) is 8.86. The van der Waals surface area contributed by atoms with Gasteiger partial charge in [-0.1, -0.05) is 70.1 Å². The van der Waals surface area contributed by atoms with Crippen molar-refractivity contribution < 1.29 is 13.2 Å². The molecule has 2 fully saturated rings. The zero-order chi connectivity index (χ0) is 24.8. The largest absolute Gasteiger partial charge is 0.207 e. The van der Waals surface area contributed by atoms with Crippen molar-refractivity contribution in [3.8, 4) is 0 Å². The Balaban J connectivity index is 1.43. The van der Waals surface area contributed by atoms with Gasteiger partial charge in [0.15, 0.2) is 0 Å². The summed E-state index contributed by atoms with van der Waals surface area (Å²) in [7, 11) is 0. The first kappa shape index (κ1) is 26.3. The van der Waals surface area contributed by atoms with E-state index in [0.717, 1.165) is 37.2 Å². The molecule has 4 rings (SSSR count). The fourth-order valence-corrected chi connectivity index (χ4v) is 6.97. The van der Waals surface area contributed by atoms with Gasteiger partial charge in [-0.15, -0.1) is 0 Å². The minimum Gasteiger partial charge on any atom is -0.207 e. The number of halogens is 3. The summed E-state index contributed by atoms with van der Waals surface area (Å²) in [4.78, 5) is 0. The molecule has 0 N–H and O–H groups in total. The maximum absolute atomic E-state index is 15.6. The van der Waals surface area contributed by atoms with Crippen LogP contribution in [0.3, 0.4) is 0 Å². The lowest BCUT2D eigenvalue weighted by atomic mass is 9.63. The SMILES string of the molecule is C/C=C/CCc1cc(F)c2c(F)c(C3CCC4CC(CCCCCCC)CCC4C3)c(F)cc2c1. The van der Waals surface area contributed by atoms with Crippen molar-refractivity contribution in [2.45, 2.75) is 110 Å². The van der Waals surface area contributed by atoms with E-state index in [0.29, 0.717) is 23.6 Å². The third-order valence-corrected chi connectivity index (χ3v) is 8.86. The van der Waals surface area contributed by atoms with E-state index in [2.05, 4.69) is 6.92 Å². The van der Waals surface area contributed by atoms with Crippen molar-refractivity contribution in [2.75, 3.05) is 0 Å². The summed E-state index contributed by atoms with van der Waals surface area (Å²) in [6.07, 6.45) is 19.9. The van der Waals surface area contributed by atoms with E-state index in [-0.39, 0.29) is 16.9 Å². The Morgan fingerprint density at radius 3 is 2.43 bits per heavy atom. The van der Waals surface area contributed by atoms with Crippen LogP contribution in [0.2, 0.25) is 0 Å². The molecule has 2 saturated carbocycles. The topological polar surface area (TPSA) is 0 Å². The van der Waals surface area contributed by atoms with Crippen molar-refractivity contribution in [3.63, 3.8) is 0 Å². The molecule has 4 atom stereocenters. The van der Waals surface area contributed by atoms with Crippen LogP contribution >= 0.6 is 0 Å². The minimum atomic E-state index is -0.665. The van der Waals surface area contributed by atoms with Gasteiger partial charge in [-0.2, -0.15) is 0 Å². The van der Waals surface area contributed by atoms with Crippen LogP contribution < -0.4 is 0 Å². The van der Waals surface area contributed by atoms with Crippen molar-refractivity contribution in [1.82, 2.24) is 0 Å². The molecule has 0 amide bonds. The lowest BCUT2D eigenvalue weighted by molar-refractivity contribution is 0.111. The van der Waals surface area contributed by atoms with Crippen LogP contribution in [0.25, 0.3) is 10.8 Å². The number of allylic oxidation sites excluding steroid dienone is 2. The summed E-state index contributed by atoms with van der Waals surface area (Å²) in [6, 6.07) is 4.55. The van der Waals surface area contributed by atoms with E-state index >= 15 is 8.78 Å². The molecule has 3 heteroatoms. The van der Waals surface area contributed by atoms with Crippen molar-refractivity contribution in [2.24, 2.45) is 17.8 Å². The molecule has 0 bridgehead atoms. The van der Waals surface area contributed by atoms with Gasteiger partial charge < -0.3 is 0 Å². The maximum atomic E-state index is 15.6. The zero-order valence-electron chi connectivity index (χ0n) is 21.7. The van der Waals surface area contributed by atoms with Gasteiger partial charge in [0.05, 0.1) is 5.39 Å². The molecule has 0 aromatic heterocycles. The Labute approximate surface area is 210 Å². The van der Waals surface area contributed by atoms with Crippen LogP contribution in [-0.4, -0.2) is 0 Å². The highest BCUT2D eigenvalue weighted by Gasteiger charge is 2.37. The number of rotatable bonds is 10. The standard InChI is InChI=1S/C32H43F3/c1-3-5-7-8-10-11-22-13-14-25-20-26(16-15-24(25)17-22)30-29(34)21-27-18-23(12-9-6-4-2)19-28(33)31(27)32(30)35/h4,6,18-19,21-22,24-26H,3,5,7-17,20H2,1-2H3/b6-4+. The summed E-state index contributed by atoms with van der Waals surface area (Å²) < 4.78 is 45.9. The molecule has 192 valence electrons. The molecule has 4 unspecified atom stereocenters. The number of fused-ring (bicyclic) bond motifs is 2. The van der Waals surface area contributed by atoms with Gasteiger partial charge in [0, 0.05) is 5.56 Å². The number of benzene rings is 2. The minimum absolute atomic E-state index is 0.0370. The highest BCUT2D eigenvalue weighted by atomic mass is 19.1. The molecule has 0 radical (unpaired) electrons. The van der Waals surface area contributed by atoms with Gasteiger partial charge in [0.1, 0.15) is 17.5 Å². The predicted octanol–water partition coefficient (Wildman–Crippen LogP) is 10.4. The number of unbranched alkanes of at least 4 members (excludes halogenated alkanes) is 4. The molecule has 2 aromatic carbocycles. The van der Waals surface area contributed by atoms with Crippen molar-refractivity contribution in [3.05, 3.63) is 58.9 Å². The average Bonchev–Trinajstić information content (AvgIpc) is 2.83. The van der Waals surface area contributed by atoms with E-state index in [9.17, 15) is 4.39 Å². The smallest absolute Gasteiger partial charge is 0.140 e.